The maximum absolute atomic E-state index is 12.9. The van der Waals surface area contributed by atoms with Gasteiger partial charge in [0, 0.05) is 18.7 Å². The first-order valence-corrected chi connectivity index (χ1v) is 10.7. The average Bonchev–Trinajstić information content (AvgIpc) is 2.72. The van der Waals surface area contributed by atoms with Gasteiger partial charge in [-0.2, -0.15) is 0 Å². The van der Waals surface area contributed by atoms with Gasteiger partial charge in [0.15, 0.2) is 0 Å². The molecule has 3 aromatic carbocycles. The van der Waals surface area contributed by atoms with Crippen molar-refractivity contribution < 1.29 is 4.79 Å². The van der Waals surface area contributed by atoms with Crippen molar-refractivity contribution in [2.45, 2.75) is 30.0 Å². The zero-order valence-corrected chi connectivity index (χ0v) is 18.8. The third kappa shape index (κ3) is 6.48. The summed E-state index contributed by atoms with van der Waals surface area (Å²) in [6.45, 7) is 2.97. The Labute approximate surface area is 192 Å². The summed E-state index contributed by atoms with van der Waals surface area (Å²) >= 11 is 19.1. The van der Waals surface area contributed by atoms with Crippen molar-refractivity contribution in [1.29, 1.82) is 0 Å². The van der Waals surface area contributed by atoms with Crippen molar-refractivity contribution in [2.24, 2.45) is 0 Å². The molecular formula is C24H23Cl3N2O. The number of carbonyl (C=O) groups excluding carboxylic acids is 1. The number of carbonyl (C=O) groups is 1. The molecule has 1 unspecified atom stereocenters. The van der Waals surface area contributed by atoms with Gasteiger partial charge in [-0.05, 0) is 30.2 Å². The van der Waals surface area contributed by atoms with Crippen molar-refractivity contribution in [3.63, 3.8) is 0 Å². The second-order valence-electron chi connectivity index (χ2n) is 7.16. The molecule has 0 aliphatic heterocycles. The van der Waals surface area contributed by atoms with Crippen molar-refractivity contribution in [3.8, 4) is 0 Å². The largest absolute Gasteiger partial charge is 0.332 e. The molecule has 1 atom stereocenters. The predicted octanol–water partition coefficient (Wildman–Crippen LogP) is 6.12. The first-order valence-electron chi connectivity index (χ1n) is 9.59. The van der Waals surface area contributed by atoms with E-state index in [1.165, 1.54) is 0 Å². The van der Waals surface area contributed by atoms with Crippen LogP contribution < -0.4 is 5.32 Å². The Morgan fingerprint density at radius 1 is 0.833 bits per heavy atom. The van der Waals surface area contributed by atoms with Crippen LogP contribution >= 0.6 is 34.8 Å². The zero-order chi connectivity index (χ0) is 21.6. The second kappa shape index (κ2) is 10.3. The molecule has 0 radical (unpaired) electrons. The summed E-state index contributed by atoms with van der Waals surface area (Å²) in [6, 6.07) is 27.1. The summed E-state index contributed by atoms with van der Waals surface area (Å²) < 4.78 is -1.73. The van der Waals surface area contributed by atoms with Crippen LogP contribution in [0.25, 0.3) is 0 Å². The van der Waals surface area contributed by atoms with Crippen LogP contribution in [-0.2, 0) is 13.1 Å². The number of nitrogens with zero attached hydrogens (tertiary/aromatic N) is 1. The summed E-state index contributed by atoms with van der Waals surface area (Å²) in [4.78, 5) is 14.9. The van der Waals surface area contributed by atoms with E-state index in [1.54, 1.807) is 12.1 Å². The fourth-order valence-electron chi connectivity index (χ4n) is 3.17. The van der Waals surface area contributed by atoms with E-state index in [2.05, 4.69) is 5.32 Å². The summed E-state index contributed by atoms with van der Waals surface area (Å²) in [5, 5.41) is 2.92. The maximum Gasteiger partial charge on any atom is 0.252 e. The molecule has 1 amide bonds. The Balaban J connectivity index is 1.89. The van der Waals surface area contributed by atoms with Crippen LogP contribution in [0.15, 0.2) is 84.9 Å². The van der Waals surface area contributed by atoms with Crippen molar-refractivity contribution in [2.75, 3.05) is 0 Å². The number of hydrogen-bond donors (Lipinski definition) is 1. The predicted molar refractivity (Wildman–Crippen MR) is 125 cm³/mol. The van der Waals surface area contributed by atoms with E-state index in [1.807, 2.05) is 84.6 Å². The maximum atomic E-state index is 12.9. The number of amides is 1. The third-order valence-corrected chi connectivity index (χ3v) is 5.33. The monoisotopic (exact) mass is 460 g/mol. The smallest absolute Gasteiger partial charge is 0.252 e. The molecule has 0 aliphatic carbocycles. The molecule has 0 aliphatic rings. The van der Waals surface area contributed by atoms with Gasteiger partial charge in [0.05, 0.1) is 0 Å². The molecule has 0 saturated carbocycles. The molecule has 156 valence electrons. The molecule has 0 saturated heterocycles. The minimum absolute atomic E-state index is 0.294. The van der Waals surface area contributed by atoms with E-state index in [9.17, 15) is 4.79 Å². The molecule has 0 heterocycles. The Morgan fingerprint density at radius 3 is 1.73 bits per heavy atom. The van der Waals surface area contributed by atoms with Crippen molar-refractivity contribution in [3.05, 3.63) is 107 Å². The van der Waals surface area contributed by atoms with Gasteiger partial charge in [0.2, 0.25) is 3.79 Å². The highest BCUT2D eigenvalue weighted by Gasteiger charge is 2.38. The lowest BCUT2D eigenvalue weighted by Gasteiger charge is -2.36. The quantitative estimate of drug-likeness (QED) is 0.339. The molecule has 0 bridgehead atoms. The van der Waals surface area contributed by atoms with Crippen LogP contribution in [0.4, 0.5) is 0 Å². The highest BCUT2D eigenvalue weighted by molar-refractivity contribution is 6.68. The van der Waals surface area contributed by atoms with Crippen LogP contribution in [0.5, 0.6) is 0 Å². The summed E-state index contributed by atoms with van der Waals surface area (Å²) in [5.41, 5.74) is 3.69. The van der Waals surface area contributed by atoms with Crippen LogP contribution in [0.2, 0.25) is 0 Å². The number of hydrogen-bond acceptors (Lipinski definition) is 2. The van der Waals surface area contributed by atoms with Crippen LogP contribution in [0.3, 0.4) is 0 Å². The van der Waals surface area contributed by atoms with Gasteiger partial charge in [0.1, 0.15) is 6.17 Å². The first kappa shape index (κ1) is 22.6. The molecule has 30 heavy (non-hydrogen) atoms. The number of halogens is 3. The van der Waals surface area contributed by atoms with Crippen LogP contribution in [0.1, 0.15) is 27.0 Å². The van der Waals surface area contributed by atoms with Crippen LogP contribution in [-0.4, -0.2) is 20.8 Å². The van der Waals surface area contributed by atoms with Gasteiger partial charge in [-0.3, -0.25) is 9.69 Å². The Hall–Kier alpha value is -2.04. The van der Waals surface area contributed by atoms with Gasteiger partial charge in [0.25, 0.3) is 5.91 Å². The number of nitrogens with one attached hydrogen (secondary N) is 1. The molecule has 3 aromatic rings. The molecule has 3 nitrogen and oxygen atoms in total. The normalized spacial score (nSPS) is 12.6. The fraction of sp³-hybridized carbons (Fsp3) is 0.208. The zero-order valence-electron chi connectivity index (χ0n) is 16.6. The SMILES string of the molecule is Cc1ccc(C(=O)NC(N(Cc2ccccc2)Cc2ccccc2)C(Cl)(Cl)Cl)cc1. The fourth-order valence-corrected chi connectivity index (χ4v) is 3.74. The van der Waals surface area contributed by atoms with E-state index in [-0.39, 0.29) is 5.91 Å². The molecule has 0 fully saturated rings. The Bertz CT molecular complexity index is 900. The van der Waals surface area contributed by atoms with E-state index >= 15 is 0 Å². The van der Waals surface area contributed by atoms with E-state index in [4.69, 9.17) is 34.8 Å². The number of alkyl halides is 3. The van der Waals surface area contributed by atoms with Gasteiger partial charge in [-0.1, -0.05) is 113 Å². The number of aryl methyl sites for hydroxylation is 1. The topological polar surface area (TPSA) is 32.3 Å². The molecule has 3 rings (SSSR count). The molecule has 0 aromatic heterocycles. The summed E-state index contributed by atoms with van der Waals surface area (Å²) in [6.07, 6.45) is -0.836. The number of rotatable bonds is 7. The van der Waals surface area contributed by atoms with Gasteiger partial charge in [-0.25, -0.2) is 0 Å². The summed E-state index contributed by atoms with van der Waals surface area (Å²) in [7, 11) is 0. The van der Waals surface area contributed by atoms with E-state index < -0.39 is 9.96 Å². The lowest BCUT2D eigenvalue weighted by atomic mass is 10.1. The average molecular weight is 462 g/mol. The van der Waals surface area contributed by atoms with E-state index in [0.717, 1.165) is 16.7 Å². The Morgan fingerprint density at radius 2 is 1.30 bits per heavy atom. The first-order chi connectivity index (χ1) is 14.3. The minimum atomic E-state index is -1.73. The van der Waals surface area contributed by atoms with Crippen molar-refractivity contribution in [1.82, 2.24) is 10.2 Å². The standard InChI is InChI=1S/C24H23Cl3N2O/c1-18-12-14-21(15-13-18)22(30)28-23(24(25,26)27)29(16-19-8-4-2-5-9-19)17-20-10-6-3-7-11-20/h2-15,23H,16-17H2,1H3,(H,28,30). The van der Waals surface area contributed by atoms with Gasteiger partial charge >= 0.3 is 0 Å². The lowest BCUT2D eigenvalue weighted by Crippen LogP contribution is -2.54. The second-order valence-corrected chi connectivity index (χ2v) is 9.53. The molecule has 1 N–H and O–H groups in total. The van der Waals surface area contributed by atoms with Gasteiger partial charge < -0.3 is 5.32 Å². The molecular weight excluding hydrogens is 439 g/mol. The molecule has 0 spiro atoms. The van der Waals surface area contributed by atoms with Crippen molar-refractivity contribution >= 4 is 40.7 Å². The number of benzene rings is 3. The van der Waals surface area contributed by atoms with E-state index in [0.29, 0.717) is 18.7 Å². The van der Waals surface area contributed by atoms with Gasteiger partial charge in [-0.15, -0.1) is 0 Å². The Kier molecular flexibility index (Phi) is 7.79. The highest BCUT2D eigenvalue weighted by Crippen LogP contribution is 2.34. The van der Waals surface area contributed by atoms with Crippen LogP contribution in [0, 0.1) is 6.92 Å². The summed E-state index contributed by atoms with van der Waals surface area (Å²) in [5.74, 6) is -0.294. The minimum Gasteiger partial charge on any atom is -0.332 e. The molecule has 6 heteroatoms. The third-order valence-electron chi connectivity index (χ3n) is 4.71. The highest BCUT2D eigenvalue weighted by atomic mass is 35.6. The lowest BCUT2D eigenvalue weighted by molar-refractivity contribution is 0.0826.